The summed E-state index contributed by atoms with van der Waals surface area (Å²) in [6.07, 6.45) is -2.30. The first-order chi connectivity index (χ1) is 14.4. The molecule has 0 spiro atoms. The van der Waals surface area contributed by atoms with Crippen LogP contribution in [0.2, 0.25) is 0 Å². The summed E-state index contributed by atoms with van der Waals surface area (Å²) < 4.78 is 0. The second-order valence-corrected chi connectivity index (χ2v) is 7.49. The summed E-state index contributed by atoms with van der Waals surface area (Å²) in [5.74, 6) is -0.947. The second-order valence-electron chi connectivity index (χ2n) is 7.49. The molecule has 0 aromatic carbocycles. The normalized spacial score (nSPS) is 23.1. The third kappa shape index (κ3) is 9.06. The lowest BCUT2D eigenvalue weighted by molar-refractivity contribution is -0.138. The lowest BCUT2D eigenvalue weighted by atomic mass is 10.1. The fourth-order valence-electron chi connectivity index (χ4n) is 3.66. The van der Waals surface area contributed by atoms with Crippen molar-refractivity contribution in [3.63, 3.8) is 0 Å². The lowest BCUT2D eigenvalue weighted by Crippen LogP contribution is -2.56. The van der Waals surface area contributed by atoms with E-state index in [0.29, 0.717) is 52.4 Å². The molecule has 4 atom stereocenters. The molecule has 178 valence electrons. The van der Waals surface area contributed by atoms with E-state index in [4.69, 9.17) is 5.11 Å². The van der Waals surface area contributed by atoms with Crippen LogP contribution in [0.3, 0.4) is 0 Å². The molecule has 1 aliphatic heterocycles. The maximum Gasteiger partial charge on any atom is 0.317 e. The Kier molecular flexibility index (Phi) is 13.5. The average Bonchev–Trinajstić information content (AvgIpc) is 2.72. The van der Waals surface area contributed by atoms with E-state index in [1.807, 2.05) is 4.90 Å². The predicted molar refractivity (Wildman–Crippen MR) is 108 cm³/mol. The summed E-state index contributed by atoms with van der Waals surface area (Å²) >= 11 is 0. The predicted octanol–water partition coefficient (Wildman–Crippen LogP) is -4.99. The van der Waals surface area contributed by atoms with E-state index in [0.717, 1.165) is 0 Å². The zero-order valence-electron chi connectivity index (χ0n) is 17.4. The molecular formula is C18H38N4O8. The summed E-state index contributed by atoms with van der Waals surface area (Å²) in [5.41, 5.74) is 0. The number of carboxylic acid groups (broad SMARTS) is 1. The minimum Gasteiger partial charge on any atom is -0.480 e. The van der Waals surface area contributed by atoms with Gasteiger partial charge in [-0.3, -0.25) is 19.5 Å². The molecule has 1 fully saturated rings. The van der Waals surface area contributed by atoms with E-state index in [1.165, 1.54) is 0 Å². The first kappa shape index (κ1) is 27.1. The number of nitrogens with zero attached hydrogens (tertiary/aromatic N) is 3. The van der Waals surface area contributed by atoms with Crippen molar-refractivity contribution in [3.05, 3.63) is 0 Å². The van der Waals surface area contributed by atoms with Gasteiger partial charge >= 0.3 is 5.97 Å². The van der Waals surface area contributed by atoms with Gasteiger partial charge in [0.2, 0.25) is 0 Å². The fourth-order valence-corrected chi connectivity index (χ4v) is 3.66. The van der Waals surface area contributed by atoms with Crippen LogP contribution in [0.5, 0.6) is 0 Å². The quantitative estimate of drug-likeness (QED) is 0.163. The Morgan fingerprint density at radius 1 is 0.733 bits per heavy atom. The Morgan fingerprint density at radius 3 is 1.67 bits per heavy atom. The first-order valence-corrected chi connectivity index (χ1v) is 10.3. The number of hydrogen-bond donors (Lipinski definition) is 8. The highest BCUT2D eigenvalue weighted by atomic mass is 16.4. The van der Waals surface area contributed by atoms with Gasteiger partial charge in [-0.2, -0.15) is 0 Å². The van der Waals surface area contributed by atoms with E-state index >= 15 is 0 Å². The minimum atomic E-state index is -1.18. The SMILES string of the molecule is O=C(O)CN1CCNCCN(C(CO)C(O)CO)CCN(C(CO)C(O)CO)CC1. The van der Waals surface area contributed by atoms with Crippen LogP contribution in [0, 0.1) is 0 Å². The zero-order chi connectivity index (χ0) is 22.5. The average molecular weight is 439 g/mol. The molecule has 0 aromatic rings. The van der Waals surface area contributed by atoms with Crippen LogP contribution in [0.25, 0.3) is 0 Å². The van der Waals surface area contributed by atoms with Crippen LogP contribution in [0.4, 0.5) is 0 Å². The Labute approximate surface area is 176 Å². The molecule has 12 nitrogen and oxygen atoms in total. The van der Waals surface area contributed by atoms with Gasteiger partial charge in [-0.15, -0.1) is 0 Å². The van der Waals surface area contributed by atoms with Gasteiger partial charge in [-0.1, -0.05) is 0 Å². The fraction of sp³-hybridized carbons (Fsp3) is 0.944. The van der Waals surface area contributed by atoms with Crippen molar-refractivity contribution < 1.29 is 40.5 Å². The van der Waals surface area contributed by atoms with Crippen molar-refractivity contribution in [1.29, 1.82) is 0 Å². The molecule has 8 N–H and O–H groups in total. The van der Waals surface area contributed by atoms with Gasteiger partial charge in [0, 0.05) is 52.4 Å². The zero-order valence-corrected chi connectivity index (χ0v) is 17.4. The number of aliphatic hydroxyl groups is 6. The summed E-state index contributed by atoms with van der Waals surface area (Å²) in [5, 5.41) is 70.7. The Bertz CT molecular complexity index is 475. The van der Waals surface area contributed by atoms with E-state index in [1.54, 1.807) is 9.80 Å². The van der Waals surface area contributed by atoms with Gasteiger partial charge in [0.25, 0.3) is 0 Å². The molecule has 1 saturated heterocycles. The third-order valence-electron chi connectivity index (χ3n) is 5.49. The van der Waals surface area contributed by atoms with E-state index in [9.17, 15) is 35.4 Å². The number of nitrogens with one attached hydrogen (secondary N) is 1. The van der Waals surface area contributed by atoms with Gasteiger partial charge in [-0.25, -0.2) is 0 Å². The topological polar surface area (TPSA) is 180 Å². The summed E-state index contributed by atoms with van der Waals surface area (Å²) in [4.78, 5) is 16.5. The van der Waals surface area contributed by atoms with Crippen LogP contribution in [0.15, 0.2) is 0 Å². The molecule has 0 bridgehead atoms. The van der Waals surface area contributed by atoms with Crippen LogP contribution < -0.4 is 5.32 Å². The smallest absolute Gasteiger partial charge is 0.317 e. The summed E-state index contributed by atoms with van der Waals surface area (Å²) in [6, 6.07) is -1.43. The highest BCUT2D eigenvalue weighted by Crippen LogP contribution is 2.10. The van der Waals surface area contributed by atoms with Crippen molar-refractivity contribution in [3.8, 4) is 0 Å². The molecule has 0 saturated carbocycles. The molecule has 4 unspecified atom stereocenters. The molecule has 0 radical (unpaired) electrons. The van der Waals surface area contributed by atoms with Gasteiger partial charge in [0.15, 0.2) is 0 Å². The van der Waals surface area contributed by atoms with Crippen LogP contribution in [0.1, 0.15) is 0 Å². The molecule has 0 amide bonds. The Balaban J connectivity index is 3.01. The van der Waals surface area contributed by atoms with Crippen LogP contribution in [-0.2, 0) is 4.79 Å². The molecule has 1 heterocycles. The van der Waals surface area contributed by atoms with Crippen molar-refractivity contribution in [2.24, 2.45) is 0 Å². The van der Waals surface area contributed by atoms with Gasteiger partial charge in [0.05, 0.1) is 57.3 Å². The Morgan fingerprint density at radius 2 is 1.20 bits per heavy atom. The highest BCUT2D eigenvalue weighted by molar-refractivity contribution is 5.69. The maximum absolute atomic E-state index is 11.1. The molecule has 12 heteroatoms. The number of hydrogen-bond acceptors (Lipinski definition) is 11. The molecule has 1 aliphatic rings. The first-order valence-electron chi connectivity index (χ1n) is 10.3. The van der Waals surface area contributed by atoms with Gasteiger partial charge in [-0.05, 0) is 0 Å². The Hall–Kier alpha value is -0.930. The van der Waals surface area contributed by atoms with Crippen LogP contribution >= 0.6 is 0 Å². The van der Waals surface area contributed by atoms with Crippen molar-refractivity contribution in [1.82, 2.24) is 20.0 Å². The second kappa shape index (κ2) is 15.0. The molecular weight excluding hydrogens is 400 g/mol. The van der Waals surface area contributed by atoms with Crippen molar-refractivity contribution in [2.75, 3.05) is 85.3 Å². The van der Waals surface area contributed by atoms with E-state index in [-0.39, 0.29) is 13.2 Å². The van der Waals surface area contributed by atoms with Gasteiger partial charge in [0.1, 0.15) is 0 Å². The lowest BCUT2D eigenvalue weighted by Gasteiger charge is -2.39. The minimum absolute atomic E-state index is 0.136. The van der Waals surface area contributed by atoms with Crippen molar-refractivity contribution >= 4 is 5.97 Å². The van der Waals surface area contributed by atoms with Crippen molar-refractivity contribution in [2.45, 2.75) is 24.3 Å². The standard InChI is InChI=1S/C18H38N4O8/c23-10-14(16(27)12-25)21-4-2-19-1-3-20(9-18(29)30)5-6-22(8-7-21)15(11-24)17(28)13-26/h14-17,19,23-28H,1-13H2,(H,29,30). The maximum atomic E-state index is 11.1. The molecule has 0 aromatic heterocycles. The summed E-state index contributed by atoms with van der Waals surface area (Å²) in [7, 11) is 0. The summed E-state index contributed by atoms with van der Waals surface area (Å²) in [6.45, 7) is 1.51. The molecule has 30 heavy (non-hydrogen) atoms. The van der Waals surface area contributed by atoms with E-state index in [2.05, 4.69) is 5.32 Å². The number of aliphatic hydroxyl groups excluding tert-OH is 6. The van der Waals surface area contributed by atoms with Gasteiger partial charge < -0.3 is 41.1 Å². The molecule has 0 aliphatic carbocycles. The number of rotatable bonds is 10. The molecule has 1 rings (SSSR count). The van der Waals surface area contributed by atoms with Crippen LogP contribution in [-0.4, -0.2) is 166 Å². The largest absolute Gasteiger partial charge is 0.480 e. The number of carboxylic acids is 1. The monoisotopic (exact) mass is 438 g/mol. The third-order valence-corrected chi connectivity index (χ3v) is 5.49. The highest BCUT2D eigenvalue weighted by Gasteiger charge is 2.29. The number of aliphatic carboxylic acids is 1. The number of carbonyl (C=O) groups is 1. The van der Waals surface area contributed by atoms with E-state index < -0.39 is 50.1 Å².